The van der Waals surface area contributed by atoms with Gasteiger partial charge in [-0.05, 0) is 24.6 Å². The summed E-state index contributed by atoms with van der Waals surface area (Å²) in [6, 6.07) is 2.44. The Labute approximate surface area is 119 Å². The molecule has 0 heterocycles. The molecule has 0 fully saturated rings. The smallest absolute Gasteiger partial charge is 0.338 e. The lowest BCUT2D eigenvalue weighted by Crippen LogP contribution is -2.30. The van der Waals surface area contributed by atoms with Crippen molar-refractivity contribution in [2.75, 3.05) is 17.2 Å². The van der Waals surface area contributed by atoms with E-state index in [4.69, 9.17) is 0 Å². The first-order valence-electron chi connectivity index (χ1n) is 6.27. The van der Waals surface area contributed by atoms with E-state index in [1.807, 2.05) is 6.92 Å². The summed E-state index contributed by atoms with van der Waals surface area (Å²) < 4.78 is 39.0. The van der Waals surface area contributed by atoms with Crippen LogP contribution in [0.1, 0.15) is 25.8 Å². The second-order valence-electron chi connectivity index (χ2n) is 4.32. The number of carbonyl (C=O) groups excluding carboxylic acids is 2. The van der Waals surface area contributed by atoms with E-state index in [1.54, 1.807) is 0 Å². The van der Waals surface area contributed by atoms with Gasteiger partial charge in [0.05, 0.1) is 11.3 Å². The lowest BCUT2D eigenvalue weighted by molar-refractivity contribution is -0.137. The summed E-state index contributed by atoms with van der Waals surface area (Å²) in [5.41, 5.74) is -1.39. The van der Waals surface area contributed by atoms with Gasteiger partial charge in [-0.25, -0.2) is 4.79 Å². The molecule has 0 aliphatic heterocycles. The molecule has 8 heteroatoms. The number of urea groups is 1. The number of alkyl halides is 3. The van der Waals surface area contributed by atoms with Crippen molar-refractivity contribution in [3.8, 4) is 0 Å². The molecular weight excluding hydrogens is 287 g/mol. The van der Waals surface area contributed by atoms with E-state index < -0.39 is 23.7 Å². The molecule has 0 spiro atoms. The third-order valence-corrected chi connectivity index (χ3v) is 2.43. The average Bonchev–Trinajstić information content (AvgIpc) is 2.36. The summed E-state index contributed by atoms with van der Waals surface area (Å²) in [7, 11) is 0. The molecule has 0 atom stereocenters. The number of anilines is 2. The van der Waals surface area contributed by atoms with Crippen LogP contribution in [0.4, 0.5) is 29.3 Å². The van der Waals surface area contributed by atoms with Crippen LogP contribution in [0.25, 0.3) is 0 Å². The molecule has 0 aromatic heterocycles. The number of nitrogens with one attached hydrogen (secondary N) is 3. The predicted octanol–water partition coefficient (Wildman–Crippen LogP) is 3.20. The molecule has 0 unspecified atom stereocenters. The van der Waals surface area contributed by atoms with E-state index >= 15 is 0 Å². The van der Waals surface area contributed by atoms with Crippen LogP contribution in [-0.2, 0) is 11.0 Å². The number of halogens is 3. The van der Waals surface area contributed by atoms with Crippen LogP contribution in [0, 0.1) is 0 Å². The van der Waals surface area contributed by atoms with E-state index in [1.165, 1.54) is 13.0 Å². The molecule has 0 saturated carbocycles. The maximum absolute atomic E-state index is 13.0. The Morgan fingerprint density at radius 2 is 1.86 bits per heavy atom. The van der Waals surface area contributed by atoms with Crippen LogP contribution in [0.3, 0.4) is 0 Å². The largest absolute Gasteiger partial charge is 0.418 e. The van der Waals surface area contributed by atoms with Crippen molar-refractivity contribution >= 4 is 23.3 Å². The van der Waals surface area contributed by atoms with Crippen molar-refractivity contribution in [3.63, 3.8) is 0 Å². The third-order valence-electron chi connectivity index (χ3n) is 2.43. The molecule has 3 N–H and O–H groups in total. The zero-order valence-electron chi connectivity index (χ0n) is 11.6. The lowest BCUT2D eigenvalue weighted by Gasteiger charge is -2.15. The lowest BCUT2D eigenvalue weighted by atomic mass is 10.1. The van der Waals surface area contributed by atoms with Crippen molar-refractivity contribution in [2.45, 2.75) is 26.4 Å². The van der Waals surface area contributed by atoms with E-state index in [-0.39, 0.29) is 11.4 Å². The standard InChI is InChI=1S/C13H16F3N3O2/c1-3-6-17-12(21)19-11-5-4-9(18-8(2)20)7-10(11)13(14,15)16/h4-5,7H,3,6H2,1-2H3,(H,18,20)(H2,17,19,21). The summed E-state index contributed by atoms with van der Waals surface area (Å²) in [5, 5.41) is 6.83. The van der Waals surface area contributed by atoms with Crippen LogP contribution in [0.2, 0.25) is 0 Å². The second-order valence-corrected chi connectivity index (χ2v) is 4.32. The maximum atomic E-state index is 13.0. The van der Waals surface area contributed by atoms with Gasteiger partial charge in [0, 0.05) is 19.2 Å². The molecule has 3 amide bonds. The highest BCUT2D eigenvalue weighted by atomic mass is 19.4. The predicted molar refractivity (Wildman–Crippen MR) is 73.1 cm³/mol. The number of amides is 3. The first-order valence-corrected chi connectivity index (χ1v) is 6.27. The molecule has 1 rings (SSSR count). The van der Waals surface area contributed by atoms with Crippen molar-refractivity contribution in [2.24, 2.45) is 0 Å². The van der Waals surface area contributed by atoms with Crippen molar-refractivity contribution in [1.29, 1.82) is 0 Å². The van der Waals surface area contributed by atoms with Gasteiger partial charge < -0.3 is 16.0 Å². The van der Waals surface area contributed by atoms with E-state index in [0.717, 1.165) is 12.1 Å². The zero-order chi connectivity index (χ0) is 16.0. The van der Waals surface area contributed by atoms with Gasteiger partial charge in [0.25, 0.3) is 0 Å². The summed E-state index contributed by atoms with van der Waals surface area (Å²) in [5.74, 6) is -0.482. The molecule has 0 radical (unpaired) electrons. The monoisotopic (exact) mass is 303 g/mol. The summed E-state index contributed by atoms with van der Waals surface area (Å²) in [6.45, 7) is 3.37. The molecule has 1 aromatic rings. The fourth-order valence-corrected chi connectivity index (χ4v) is 1.57. The summed E-state index contributed by atoms with van der Waals surface area (Å²) in [6.07, 6.45) is -3.98. The highest BCUT2D eigenvalue weighted by molar-refractivity contribution is 5.92. The van der Waals surface area contributed by atoms with Crippen LogP contribution < -0.4 is 16.0 Å². The fraction of sp³-hybridized carbons (Fsp3) is 0.385. The van der Waals surface area contributed by atoms with Crippen LogP contribution in [0.5, 0.6) is 0 Å². The van der Waals surface area contributed by atoms with Crippen molar-refractivity contribution in [1.82, 2.24) is 5.32 Å². The average molecular weight is 303 g/mol. The molecule has 0 aliphatic carbocycles. The van der Waals surface area contributed by atoms with Crippen molar-refractivity contribution < 1.29 is 22.8 Å². The Balaban J connectivity index is 3.02. The highest BCUT2D eigenvalue weighted by Crippen LogP contribution is 2.36. The van der Waals surface area contributed by atoms with Gasteiger partial charge in [0.2, 0.25) is 5.91 Å². The minimum atomic E-state index is -4.65. The second kappa shape index (κ2) is 6.96. The quantitative estimate of drug-likeness (QED) is 0.799. The minimum Gasteiger partial charge on any atom is -0.338 e. The number of carbonyl (C=O) groups is 2. The van der Waals surface area contributed by atoms with Crippen LogP contribution >= 0.6 is 0 Å². The van der Waals surface area contributed by atoms with Crippen LogP contribution in [0.15, 0.2) is 18.2 Å². The van der Waals surface area contributed by atoms with E-state index in [0.29, 0.717) is 13.0 Å². The van der Waals surface area contributed by atoms with Gasteiger partial charge in [-0.15, -0.1) is 0 Å². The number of hydrogen-bond acceptors (Lipinski definition) is 2. The number of hydrogen-bond donors (Lipinski definition) is 3. The van der Waals surface area contributed by atoms with Gasteiger partial charge in [-0.2, -0.15) is 13.2 Å². The van der Waals surface area contributed by atoms with Crippen molar-refractivity contribution in [3.05, 3.63) is 23.8 Å². The summed E-state index contributed by atoms with van der Waals surface area (Å²) >= 11 is 0. The fourth-order valence-electron chi connectivity index (χ4n) is 1.57. The minimum absolute atomic E-state index is 0.00865. The van der Waals surface area contributed by atoms with Crippen LogP contribution in [-0.4, -0.2) is 18.5 Å². The number of rotatable bonds is 4. The van der Waals surface area contributed by atoms with Gasteiger partial charge in [-0.3, -0.25) is 4.79 Å². The highest BCUT2D eigenvalue weighted by Gasteiger charge is 2.34. The van der Waals surface area contributed by atoms with E-state index in [2.05, 4.69) is 16.0 Å². The molecule has 0 aliphatic rings. The Morgan fingerprint density at radius 3 is 2.38 bits per heavy atom. The molecule has 21 heavy (non-hydrogen) atoms. The third kappa shape index (κ3) is 5.33. The molecule has 0 saturated heterocycles. The molecule has 0 bridgehead atoms. The topological polar surface area (TPSA) is 70.2 Å². The van der Waals surface area contributed by atoms with Gasteiger partial charge in [-0.1, -0.05) is 6.92 Å². The Kier molecular flexibility index (Phi) is 5.57. The maximum Gasteiger partial charge on any atom is 0.418 e. The SMILES string of the molecule is CCCNC(=O)Nc1ccc(NC(C)=O)cc1C(F)(F)F. The normalized spacial score (nSPS) is 10.9. The first kappa shape index (κ1) is 16.8. The Morgan fingerprint density at radius 1 is 1.19 bits per heavy atom. The van der Waals surface area contributed by atoms with Gasteiger partial charge in [0.1, 0.15) is 0 Å². The first-order chi connectivity index (χ1) is 9.74. The molecular formula is C13H16F3N3O2. The summed E-state index contributed by atoms with van der Waals surface area (Å²) in [4.78, 5) is 22.3. The zero-order valence-corrected chi connectivity index (χ0v) is 11.6. The molecule has 1 aromatic carbocycles. The number of benzene rings is 1. The molecule has 5 nitrogen and oxygen atoms in total. The van der Waals surface area contributed by atoms with Gasteiger partial charge in [0.15, 0.2) is 0 Å². The van der Waals surface area contributed by atoms with E-state index in [9.17, 15) is 22.8 Å². The van der Waals surface area contributed by atoms with Gasteiger partial charge >= 0.3 is 12.2 Å². The Hall–Kier alpha value is -2.25. The Bertz CT molecular complexity index is 530. The molecule has 116 valence electrons.